The second kappa shape index (κ2) is 12.8. The molecule has 0 radical (unpaired) electrons. The molecule has 0 saturated carbocycles. The largest absolute Gasteiger partial charge is 0.463 e. The van der Waals surface area contributed by atoms with Gasteiger partial charge in [0.25, 0.3) is 0 Å². The molecule has 0 unspecified atom stereocenters. The highest BCUT2D eigenvalue weighted by atomic mass is 16.5. The van der Waals surface area contributed by atoms with Crippen LogP contribution in [-0.2, 0) is 32.1 Å². The van der Waals surface area contributed by atoms with E-state index in [4.69, 9.17) is 4.74 Å². The first kappa shape index (κ1) is 25.3. The summed E-state index contributed by atoms with van der Waals surface area (Å²) in [5.74, 6) is -1.39. The number of rotatable bonds is 12. The molecule has 1 aromatic carbocycles. The number of aliphatic hydroxyl groups excluding tert-OH is 1. The van der Waals surface area contributed by atoms with Crippen molar-refractivity contribution in [3.8, 4) is 0 Å². The molecule has 7 nitrogen and oxygen atoms in total. The zero-order valence-electron chi connectivity index (χ0n) is 18.8. The van der Waals surface area contributed by atoms with Gasteiger partial charge in [-0.05, 0) is 37.3 Å². The van der Waals surface area contributed by atoms with E-state index in [0.717, 1.165) is 11.1 Å². The standard InChI is InChI=1S/C25H34N2O5/c1-4-6-12-24(30)32-17-18(3)26-25(31)20(9-5-2)14-23(29)27-15-21-11-8-7-10-19(21)13-22(27)16-28/h4-5,7-8,10-11,18,20,22,28H,1-2,6,9,12-17H2,3H3,(H,26,31)/t18-,20+,22-/m0/s1. The van der Waals surface area contributed by atoms with Crippen LogP contribution in [0.15, 0.2) is 49.6 Å². The first-order chi connectivity index (χ1) is 15.4. The smallest absolute Gasteiger partial charge is 0.306 e. The van der Waals surface area contributed by atoms with Crippen LogP contribution in [0.4, 0.5) is 0 Å². The fourth-order valence-electron chi connectivity index (χ4n) is 3.77. The fraction of sp³-hybridized carbons (Fsp3) is 0.480. The summed E-state index contributed by atoms with van der Waals surface area (Å²) in [6.45, 7) is 9.36. The number of amides is 2. The fourth-order valence-corrected chi connectivity index (χ4v) is 3.77. The Hall–Kier alpha value is -2.93. The summed E-state index contributed by atoms with van der Waals surface area (Å²) >= 11 is 0. The van der Waals surface area contributed by atoms with Crippen molar-refractivity contribution in [1.29, 1.82) is 0 Å². The minimum atomic E-state index is -0.588. The van der Waals surface area contributed by atoms with Gasteiger partial charge in [-0.15, -0.1) is 13.2 Å². The Labute approximate surface area is 190 Å². The van der Waals surface area contributed by atoms with Crippen LogP contribution in [0.5, 0.6) is 0 Å². The van der Waals surface area contributed by atoms with Crippen LogP contribution in [0, 0.1) is 5.92 Å². The molecule has 1 aromatic rings. The highest BCUT2D eigenvalue weighted by Gasteiger charge is 2.32. The lowest BCUT2D eigenvalue weighted by molar-refractivity contribution is -0.145. The van der Waals surface area contributed by atoms with E-state index in [1.165, 1.54) is 0 Å². The van der Waals surface area contributed by atoms with Gasteiger partial charge in [0.05, 0.1) is 24.6 Å². The van der Waals surface area contributed by atoms with Gasteiger partial charge in [0.15, 0.2) is 0 Å². The number of aliphatic hydroxyl groups is 1. The molecule has 3 atom stereocenters. The molecule has 1 aliphatic heterocycles. The average molecular weight is 443 g/mol. The van der Waals surface area contributed by atoms with Gasteiger partial charge in [0.1, 0.15) is 6.61 Å². The van der Waals surface area contributed by atoms with Gasteiger partial charge in [0.2, 0.25) is 11.8 Å². The number of hydrogen-bond donors (Lipinski definition) is 2. The van der Waals surface area contributed by atoms with Crippen LogP contribution in [0.1, 0.15) is 43.7 Å². The van der Waals surface area contributed by atoms with Crippen molar-refractivity contribution in [3.05, 3.63) is 60.7 Å². The summed E-state index contributed by atoms with van der Waals surface area (Å²) in [7, 11) is 0. The SMILES string of the molecule is C=CCCC(=O)OC[C@H](C)NC(=O)[C@H](CC=C)CC(=O)N1Cc2ccccc2C[C@H]1CO. The maximum absolute atomic E-state index is 13.1. The van der Waals surface area contributed by atoms with E-state index in [9.17, 15) is 19.5 Å². The summed E-state index contributed by atoms with van der Waals surface area (Å²) in [5, 5.41) is 12.6. The number of esters is 1. The van der Waals surface area contributed by atoms with Gasteiger partial charge in [-0.1, -0.05) is 36.4 Å². The van der Waals surface area contributed by atoms with Crippen LogP contribution in [0.25, 0.3) is 0 Å². The zero-order chi connectivity index (χ0) is 23.5. The van der Waals surface area contributed by atoms with E-state index in [0.29, 0.717) is 25.8 Å². The van der Waals surface area contributed by atoms with Gasteiger partial charge in [-0.2, -0.15) is 0 Å². The molecule has 7 heteroatoms. The molecule has 2 rings (SSSR count). The second-order valence-electron chi connectivity index (χ2n) is 8.18. The number of carbonyl (C=O) groups excluding carboxylic acids is 3. The van der Waals surface area contributed by atoms with Crippen molar-refractivity contribution in [3.63, 3.8) is 0 Å². The van der Waals surface area contributed by atoms with Gasteiger partial charge >= 0.3 is 5.97 Å². The van der Waals surface area contributed by atoms with Crippen molar-refractivity contribution in [2.45, 2.75) is 57.7 Å². The minimum absolute atomic E-state index is 0.0162. The molecular formula is C25H34N2O5. The molecule has 0 bridgehead atoms. The van der Waals surface area contributed by atoms with Crippen molar-refractivity contribution < 1.29 is 24.2 Å². The zero-order valence-corrected chi connectivity index (χ0v) is 18.8. The lowest BCUT2D eigenvalue weighted by Gasteiger charge is -2.36. The van der Waals surface area contributed by atoms with Crippen molar-refractivity contribution in [1.82, 2.24) is 10.2 Å². The van der Waals surface area contributed by atoms with E-state index in [2.05, 4.69) is 18.5 Å². The molecule has 0 aliphatic carbocycles. The molecule has 2 amide bonds. The van der Waals surface area contributed by atoms with Crippen LogP contribution < -0.4 is 5.32 Å². The molecule has 2 N–H and O–H groups in total. The summed E-state index contributed by atoms with van der Waals surface area (Å²) in [4.78, 5) is 39.2. The molecule has 1 aliphatic rings. The number of allylic oxidation sites excluding steroid dienone is 2. The number of fused-ring (bicyclic) bond motifs is 1. The molecule has 1 heterocycles. The van der Waals surface area contributed by atoms with Crippen LogP contribution >= 0.6 is 0 Å². The molecule has 0 saturated heterocycles. The highest BCUT2D eigenvalue weighted by molar-refractivity contribution is 5.86. The molecule has 0 fully saturated rings. The Bertz CT molecular complexity index is 822. The van der Waals surface area contributed by atoms with Gasteiger partial charge < -0.3 is 20.1 Å². The van der Waals surface area contributed by atoms with Crippen LogP contribution in [0.2, 0.25) is 0 Å². The van der Waals surface area contributed by atoms with Crippen LogP contribution in [0.3, 0.4) is 0 Å². The first-order valence-corrected chi connectivity index (χ1v) is 11.0. The molecule has 0 aromatic heterocycles. The topological polar surface area (TPSA) is 95.9 Å². The van der Waals surface area contributed by atoms with Crippen molar-refractivity contribution >= 4 is 17.8 Å². The minimum Gasteiger partial charge on any atom is -0.463 e. The second-order valence-corrected chi connectivity index (χ2v) is 8.18. The van der Waals surface area contributed by atoms with Crippen LogP contribution in [-0.4, -0.2) is 53.1 Å². The van der Waals surface area contributed by atoms with Gasteiger partial charge in [0, 0.05) is 19.4 Å². The van der Waals surface area contributed by atoms with E-state index in [-0.39, 0.29) is 55.9 Å². The number of nitrogens with zero attached hydrogens (tertiary/aromatic N) is 1. The molecule has 174 valence electrons. The van der Waals surface area contributed by atoms with Gasteiger partial charge in [-0.25, -0.2) is 0 Å². The predicted molar refractivity (Wildman–Crippen MR) is 122 cm³/mol. The van der Waals surface area contributed by atoms with E-state index in [1.807, 2.05) is 24.3 Å². The third-order valence-corrected chi connectivity index (χ3v) is 5.57. The Morgan fingerprint density at radius 3 is 2.62 bits per heavy atom. The monoisotopic (exact) mass is 442 g/mol. The maximum Gasteiger partial charge on any atom is 0.306 e. The number of benzene rings is 1. The summed E-state index contributed by atoms with van der Waals surface area (Å²) in [5.41, 5.74) is 2.19. The quantitative estimate of drug-likeness (QED) is 0.383. The number of carbonyl (C=O) groups is 3. The lowest BCUT2D eigenvalue weighted by atomic mass is 9.92. The number of hydrogen-bond acceptors (Lipinski definition) is 5. The normalized spacial score (nSPS) is 16.9. The number of ether oxygens (including phenoxy) is 1. The average Bonchev–Trinajstić information content (AvgIpc) is 2.79. The Balaban J connectivity index is 1.95. The van der Waals surface area contributed by atoms with E-state index >= 15 is 0 Å². The van der Waals surface area contributed by atoms with Crippen molar-refractivity contribution in [2.24, 2.45) is 5.92 Å². The predicted octanol–water partition coefficient (Wildman–Crippen LogP) is 2.53. The van der Waals surface area contributed by atoms with Crippen molar-refractivity contribution in [2.75, 3.05) is 13.2 Å². The maximum atomic E-state index is 13.1. The molecular weight excluding hydrogens is 408 g/mol. The van der Waals surface area contributed by atoms with Gasteiger partial charge in [-0.3, -0.25) is 14.4 Å². The lowest BCUT2D eigenvalue weighted by Crippen LogP contribution is -2.48. The summed E-state index contributed by atoms with van der Waals surface area (Å²) in [6.07, 6.45) is 5.00. The molecule has 0 spiro atoms. The number of nitrogens with one attached hydrogen (secondary N) is 1. The Morgan fingerprint density at radius 2 is 1.97 bits per heavy atom. The Morgan fingerprint density at radius 1 is 1.25 bits per heavy atom. The molecule has 32 heavy (non-hydrogen) atoms. The van der Waals surface area contributed by atoms with E-state index in [1.54, 1.807) is 24.0 Å². The highest BCUT2D eigenvalue weighted by Crippen LogP contribution is 2.25. The third-order valence-electron chi connectivity index (χ3n) is 5.57. The summed E-state index contributed by atoms with van der Waals surface area (Å²) < 4.78 is 5.16. The first-order valence-electron chi connectivity index (χ1n) is 11.0. The van der Waals surface area contributed by atoms with E-state index < -0.39 is 5.92 Å². The third kappa shape index (κ3) is 7.34. The summed E-state index contributed by atoms with van der Waals surface area (Å²) in [6, 6.07) is 7.19. The Kier molecular flexibility index (Phi) is 10.1.